The molecule has 0 aromatic carbocycles. The Morgan fingerprint density at radius 2 is 1.65 bits per heavy atom. The second-order valence-corrected chi connectivity index (χ2v) is 6.69. The SMILES string of the molecule is Cn1nc(C(F)(F)F)cc1C(=O)N1CCN(CC(=O)N2CCCC2)CC1. The molecule has 0 unspecified atom stereocenters. The molecule has 2 aliphatic heterocycles. The maximum absolute atomic E-state index is 12.7. The number of aryl methyl sites for hydroxylation is 1. The van der Waals surface area contributed by atoms with Crippen LogP contribution in [0.5, 0.6) is 0 Å². The first-order valence-corrected chi connectivity index (χ1v) is 8.66. The van der Waals surface area contributed by atoms with Crippen LogP contribution in [-0.4, -0.2) is 82.1 Å². The van der Waals surface area contributed by atoms with Crippen molar-refractivity contribution in [1.29, 1.82) is 0 Å². The van der Waals surface area contributed by atoms with Gasteiger partial charge in [-0.25, -0.2) is 0 Å². The first-order chi connectivity index (χ1) is 12.3. The van der Waals surface area contributed by atoms with Crippen molar-refractivity contribution >= 4 is 11.8 Å². The second kappa shape index (κ2) is 7.26. The molecular formula is C16H22F3N5O2. The molecule has 2 aliphatic rings. The van der Waals surface area contributed by atoms with E-state index in [4.69, 9.17) is 0 Å². The largest absolute Gasteiger partial charge is 0.435 e. The van der Waals surface area contributed by atoms with Crippen LogP contribution in [0.15, 0.2) is 6.07 Å². The zero-order chi connectivity index (χ0) is 18.9. The van der Waals surface area contributed by atoms with Gasteiger partial charge in [0, 0.05) is 52.4 Å². The maximum atomic E-state index is 12.7. The summed E-state index contributed by atoms with van der Waals surface area (Å²) in [6, 6.07) is 0.783. The fourth-order valence-electron chi connectivity index (χ4n) is 3.33. The Bertz CT molecular complexity index is 674. The summed E-state index contributed by atoms with van der Waals surface area (Å²) < 4.78 is 39.2. The van der Waals surface area contributed by atoms with Crippen LogP contribution in [0.25, 0.3) is 0 Å². The second-order valence-electron chi connectivity index (χ2n) is 6.69. The van der Waals surface area contributed by atoms with E-state index in [0.29, 0.717) is 32.7 Å². The molecule has 0 N–H and O–H groups in total. The number of likely N-dealkylation sites (tertiary alicyclic amines) is 1. The number of alkyl halides is 3. The van der Waals surface area contributed by atoms with Gasteiger partial charge in [-0.1, -0.05) is 0 Å². The third kappa shape index (κ3) is 4.00. The molecule has 3 heterocycles. The lowest BCUT2D eigenvalue weighted by molar-refractivity contribution is -0.141. The van der Waals surface area contributed by atoms with Crippen LogP contribution in [0.3, 0.4) is 0 Å². The molecular weight excluding hydrogens is 351 g/mol. The minimum absolute atomic E-state index is 0.0843. The number of carbonyl (C=O) groups excluding carboxylic acids is 2. The van der Waals surface area contributed by atoms with Gasteiger partial charge in [-0.05, 0) is 12.8 Å². The number of carbonyl (C=O) groups is 2. The highest BCUT2D eigenvalue weighted by molar-refractivity contribution is 5.92. The van der Waals surface area contributed by atoms with Gasteiger partial charge in [0.05, 0.1) is 6.54 Å². The maximum Gasteiger partial charge on any atom is 0.435 e. The van der Waals surface area contributed by atoms with Crippen molar-refractivity contribution in [2.75, 3.05) is 45.8 Å². The summed E-state index contributed by atoms with van der Waals surface area (Å²) in [7, 11) is 1.33. The molecule has 3 rings (SSSR count). The predicted octanol–water partition coefficient (Wildman–Crippen LogP) is 0.819. The first kappa shape index (κ1) is 18.7. The van der Waals surface area contributed by atoms with Gasteiger partial charge in [0.15, 0.2) is 5.69 Å². The number of amides is 2. The Labute approximate surface area is 149 Å². The molecule has 2 amide bonds. The topological polar surface area (TPSA) is 61.7 Å². The Balaban J connectivity index is 1.55. The smallest absolute Gasteiger partial charge is 0.342 e. The Morgan fingerprint density at radius 3 is 2.19 bits per heavy atom. The molecule has 7 nitrogen and oxygen atoms in total. The van der Waals surface area contributed by atoms with Gasteiger partial charge in [-0.2, -0.15) is 18.3 Å². The molecule has 2 fully saturated rings. The monoisotopic (exact) mass is 373 g/mol. The highest BCUT2D eigenvalue weighted by Crippen LogP contribution is 2.28. The van der Waals surface area contributed by atoms with Crippen molar-refractivity contribution in [3.05, 3.63) is 17.5 Å². The van der Waals surface area contributed by atoms with Gasteiger partial charge in [0.1, 0.15) is 5.69 Å². The van der Waals surface area contributed by atoms with E-state index in [1.165, 1.54) is 11.9 Å². The number of piperazine rings is 1. The van der Waals surface area contributed by atoms with E-state index >= 15 is 0 Å². The van der Waals surface area contributed by atoms with Crippen molar-refractivity contribution in [3.63, 3.8) is 0 Å². The summed E-state index contributed by atoms with van der Waals surface area (Å²) >= 11 is 0. The number of halogens is 3. The van der Waals surface area contributed by atoms with Crippen molar-refractivity contribution in [2.24, 2.45) is 7.05 Å². The molecule has 26 heavy (non-hydrogen) atoms. The summed E-state index contributed by atoms with van der Waals surface area (Å²) in [6.07, 6.45) is -2.50. The first-order valence-electron chi connectivity index (χ1n) is 8.66. The summed E-state index contributed by atoms with van der Waals surface area (Å²) in [5, 5.41) is 3.38. The third-order valence-electron chi connectivity index (χ3n) is 4.87. The minimum atomic E-state index is -4.58. The van der Waals surface area contributed by atoms with Gasteiger partial charge >= 0.3 is 6.18 Å². The molecule has 1 aromatic heterocycles. The summed E-state index contributed by atoms with van der Waals surface area (Å²) in [6.45, 7) is 3.73. The van der Waals surface area contributed by atoms with Gasteiger partial charge in [-0.3, -0.25) is 19.2 Å². The third-order valence-corrected chi connectivity index (χ3v) is 4.87. The molecule has 2 saturated heterocycles. The normalized spacial score (nSPS) is 19.2. The minimum Gasteiger partial charge on any atom is -0.342 e. The van der Waals surface area contributed by atoms with E-state index in [2.05, 4.69) is 5.10 Å². The van der Waals surface area contributed by atoms with E-state index in [-0.39, 0.29) is 11.6 Å². The van der Waals surface area contributed by atoms with Crippen LogP contribution in [0.4, 0.5) is 13.2 Å². The number of aromatic nitrogens is 2. The highest BCUT2D eigenvalue weighted by Gasteiger charge is 2.36. The zero-order valence-electron chi connectivity index (χ0n) is 14.6. The van der Waals surface area contributed by atoms with E-state index in [1.54, 1.807) is 0 Å². The standard InChI is InChI=1S/C16H22F3N5O2/c1-21-12(10-13(20-21)16(17,18)19)15(26)24-8-6-22(7-9-24)11-14(25)23-4-2-3-5-23/h10H,2-9,11H2,1H3. The predicted molar refractivity (Wildman–Crippen MR) is 86.4 cm³/mol. The molecule has 0 aliphatic carbocycles. The number of nitrogens with zero attached hydrogens (tertiary/aromatic N) is 5. The van der Waals surface area contributed by atoms with E-state index in [0.717, 1.165) is 36.7 Å². The number of rotatable bonds is 3. The summed E-state index contributed by atoms with van der Waals surface area (Å²) in [4.78, 5) is 30.0. The lowest BCUT2D eigenvalue weighted by atomic mass is 10.2. The highest BCUT2D eigenvalue weighted by atomic mass is 19.4. The van der Waals surface area contributed by atoms with Gasteiger partial charge in [0.25, 0.3) is 5.91 Å². The fourth-order valence-corrected chi connectivity index (χ4v) is 3.33. The Hall–Kier alpha value is -2.10. The van der Waals surface area contributed by atoms with Crippen LogP contribution in [0.2, 0.25) is 0 Å². The molecule has 10 heteroatoms. The van der Waals surface area contributed by atoms with Crippen molar-refractivity contribution in [3.8, 4) is 0 Å². The van der Waals surface area contributed by atoms with Crippen LogP contribution in [0, 0.1) is 0 Å². The lowest BCUT2D eigenvalue weighted by Crippen LogP contribution is -2.51. The average Bonchev–Trinajstić information content (AvgIpc) is 3.24. The number of hydrogen-bond acceptors (Lipinski definition) is 4. The van der Waals surface area contributed by atoms with Gasteiger partial charge in [-0.15, -0.1) is 0 Å². The average molecular weight is 373 g/mol. The van der Waals surface area contributed by atoms with Gasteiger partial charge < -0.3 is 9.80 Å². The quantitative estimate of drug-likeness (QED) is 0.787. The van der Waals surface area contributed by atoms with E-state index in [9.17, 15) is 22.8 Å². The summed E-state index contributed by atoms with van der Waals surface area (Å²) in [5.74, 6) is -0.371. The lowest BCUT2D eigenvalue weighted by Gasteiger charge is -2.34. The Kier molecular flexibility index (Phi) is 5.22. The van der Waals surface area contributed by atoms with E-state index in [1.807, 2.05) is 9.80 Å². The zero-order valence-corrected chi connectivity index (χ0v) is 14.6. The van der Waals surface area contributed by atoms with Crippen molar-refractivity contribution in [2.45, 2.75) is 19.0 Å². The van der Waals surface area contributed by atoms with Gasteiger partial charge in [0.2, 0.25) is 5.91 Å². The van der Waals surface area contributed by atoms with Crippen LogP contribution < -0.4 is 0 Å². The number of hydrogen-bond donors (Lipinski definition) is 0. The molecule has 0 atom stereocenters. The molecule has 0 spiro atoms. The molecule has 0 bridgehead atoms. The van der Waals surface area contributed by atoms with Crippen LogP contribution >= 0.6 is 0 Å². The summed E-state index contributed by atoms with van der Waals surface area (Å²) in [5.41, 5.74) is -1.16. The molecule has 1 aromatic rings. The van der Waals surface area contributed by atoms with Crippen LogP contribution in [-0.2, 0) is 18.0 Å². The Morgan fingerprint density at radius 1 is 1.04 bits per heavy atom. The van der Waals surface area contributed by atoms with Crippen molar-refractivity contribution in [1.82, 2.24) is 24.5 Å². The van der Waals surface area contributed by atoms with Crippen molar-refractivity contribution < 1.29 is 22.8 Å². The molecule has 0 saturated carbocycles. The molecule has 0 radical (unpaired) electrons. The fraction of sp³-hybridized carbons (Fsp3) is 0.688. The van der Waals surface area contributed by atoms with E-state index < -0.39 is 17.8 Å². The van der Waals surface area contributed by atoms with Crippen LogP contribution in [0.1, 0.15) is 29.0 Å². The molecule has 144 valence electrons.